The molecule has 4 nitrogen and oxygen atoms in total. The van der Waals surface area contributed by atoms with Crippen LogP contribution in [0.4, 0.5) is 0 Å². The molecular formula is C18H27ClN2O2. The number of nitrogens with one attached hydrogen (secondary N) is 1. The molecule has 2 saturated carbocycles. The van der Waals surface area contributed by atoms with Crippen molar-refractivity contribution < 1.29 is 9.53 Å². The normalized spacial score (nSPS) is 29.3. The maximum atomic E-state index is 12.5. The molecule has 0 radical (unpaired) electrons. The first kappa shape index (κ1) is 18.1. The van der Waals surface area contributed by atoms with Crippen LogP contribution in [0, 0.1) is 17.8 Å². The molecule has 23 heavy (non-hydrogen) atoms. The van der Waals surface area contributed by atoms with Crippen LogP contribution in [-0.4, -0.2) is 19.1 Å². The summed E-state index contributed by atoms with van der Waals surface area (Å²) < 4.78 is 5.14. The van der Waals surface area contributed by atoms with Gasteiger partial charge in [0.2, 0.25) is 5.91 Å². The summed E-state index contributed by atoms with van der Waals surface area (Å²) in [6.45, 7) is 0.584. The fourth-order valence-corrected chi connectivity index (χ4v) is 4.08. The number of benzene rings is 1. The van der Waals surface area contributed by atoms with E-state index in [1.54, 1.807) is 7.11 Å². The van der Waals surface area contributed by atoms with Crippen molar-refractivity contribution in [1.82, 2.24) is 5.32 Å². The van der Waals surface area contributed by atoms with Gasteiger partial charge in [0.1, 0.15) is 5.75 Å². The van der Waals surface area contributed by atoms with Gasteiger partial charge in [-0.1, -0.05) is 18.6 Å². The number of amides is 1. The van der Waals surface area contributed by atoms with E-state index in [1.807, 2.05) is 24.3 Å². The smallest absolute Gasteiger partial charge is 0.223 e. The zero-order chi connectivity index (χ0) is 15.5. The Bertz CT molecular complexity index is 506. The number of carbonyl (C=O) groups excluding carboxylic acids is 1. The second-order valence-corrected chi connectivity index (χ2v) is 6.76. The van der Waals surface area contributed by atoms with Crippen molar-refractivity contribution in [1.29, 1.82) is 0 Å². The highest BCUT2D eigenvalue weighted by molar-refractivity contribution is 5.85. The summed E-state index contributed by atoms with van der Waals surface area (Å²) in [4.78, 5) is 12.5. The summed E-state index contributed by atoms with van der Waals surface area (Å²) in [7, 11) is 1.65. The minimum Gasteiger partial charge on any atom is -0.497 e. The molecule has 3 rings (SSSR count). The standard InChI is InChI=1S/C18H26N2O2.ClH/c1-22-16-7-5-12(6-8-16)11-20-18(21)15-9-13-3-2-4-14(10-15)17(13)19;/h5-8,13-15,17H,2-4,9-11,19H2,1H3,(H,20,21);1H. The number of methoxy groups -OCH3 is 1. The number of rotatable bonds is 4. The first-order valence-electron chi connectivity index (χ1n) is 8.33. The van der Waals surface area contributed by atoms with E-state index in [-0.39, 0.29) is 24.2 Å². The van der Waals surface area contributed by atoms with Crippen LogP contribution in [0.5, 0.6) is 5.75 Å². The third kappa shape index (κ3) is 4.18. The molecule has 1 amide bonds. The maximum absolute atomic E-state index is 12.5. The lowest BCUT2D eigenvalue weighted by Gasteiger charge is -2.43. The molecule has 2 bridgehead atoms. The molecule has 0 aliphatic heterocycles. The van der Waals surface area contributed by atoms with E-state index in [2.05, 4.69) is 5.32 Å². The van der Waals surface area contributed by atoms with Crippen LogP contribution < -0.4 is 15.8 Å². The second kappa shape index (κ2) is 8.02. The summed E-state index contributed by atoms with van der Waals surface area (Å²) in [6, 6.07) is 8.14. The van der Waals surface area contributed by atoms with Crippen LogP contribution in [0.2, 0.25) is 0 Å². The number of hydrogen-bond donors (Lipinski definition) is 2. The van der Waals surface area contributed by atoms with Crippen molar-refractivity contribution >= 4 is 18.3 Å². The van der Waals surface area contributed by atoms with Crippen molar-refractivity contribution in [2.75, 3.05) is 7.11 Å². The topological polar surface area (TPSA) is 64.3 Å². The largest absolute Gasteiger partial charge is 0.497 e. The minimum absolute atomic E-state index is 0. The lowest BCUT2D eigenvalue weighted by atomic mass is 9.65. The predicted molar refractivity (Wildman–Crippen MR) is 93.6 cm³/mol. The summed E-state index contributed by atoms with van der Waals surface area (Å²) in [5, 5.41) is 3.09. The molecule has 0 heterocycles. The SMILES string of the molecule is COc1ccc(CNC(=O)C2CC3CCCC(C2)C3N)cc1.Cl. The monoisotopic (exact) mass is 338 g/mol. The predicted octanol–water partition coefficient (Wildman–Crippen LogP) is 2.89. The van der Waals surface area contributed by atoms with Gasteiger partial charge in [0.25, 0.3) is 0 Å². The Morgan fingerprint density at radius 1 is 1.22 bits per heavy atom. The van der Waals surface area contributed by atoms with E-state index in [0.29, 0.717) is 24.4 Å². The van der Waals surface area contributed by atoms with Crippen molar-refractivity contribution in [2.45, 2.75) is 44.7 Å². The van der Waals surface area contributed by atoms with Crippen LogP contribution in [0.3, 0.4) is 0 Å². The molecule has 3 N–H and O–H groups in total. The second-order valence-electron chi connectivity index (χ2n) is 6.76. The molecule has 1 aromatic carbocycles. The molecular weight excluding hydrogens is 312 g/mol. The molecule has 2 aliphatic rings. The fraction of sp³-hybridized carbons (Fsp3) is 0.611. The lowest BCUT2D eigenvalue weighted by molar-refractivity contribution is -0.128. The minimum atomic E-state index is 0. The Kier molecular flexibility index (Phi) is 6.31. The summed E-state index contributed by atoms with van der Waals surface area (Å²) in [5.74, 6) is 2.27. The number of fused-ring (bicyclic) bond motifs is 2. The van der Waals surface area contributed by atoms with E-state index in [9.17, 15) is 4.79 Å². The van der Waals surface area contributed by atoms with Crippen molar-refractivity contribution in [3.8, 4) is 5.75 Å². The third-order valence-electron chi connectivity index (χ3n) is 5.41. The first-order valence-corrected chi connectivity index (χ1v) is 8.33. The molecule has 2 atom stereocenters. The number of halogens is 1. The van der Waals surface area contributed by atoms with E-state index >= 15 is 0 Å². The van der Waals surface area contributed by atoms with Gasteiger partial charge >= 0.3 is 0 Å². The van der Waals surface area contributed by atoms with Gasteiger partial charge in [-0.2, -0.15) is 0 Å². The Hall–Kier alpha value is -1.26. The number of nitrogens with two attached hydrogens (primary N) is 1. The third-order valence-corrected chi connectivity index (χ3v) is 5.41. The molecule has 0 saturated heterocycles. The number of carbonyl (C=O) groups is 1. The van der Waals surface area contributed by atoms with Crippen LogP contribution in [0.1, 0.15) is 37.7 Å². The first-order chi connectivity index (χ1) is 10.7. The molecule has 2 aliphatic carbocycles. The fourth-order valence-electron chi connectivity index (χ4n) is 4.08. The average molecular weight is 339 g/mol. The van der Waals surface area contributed by atoms with Crippen molar-refractivity contribution in [3.05, 3.63) is 29.8 Å². The summed E-state index contributed by atoms with van der Waals surface area (Å²) in [6.07, 6.45) is 5.60. The van der Waals surface area contributed by atoms with E-state index in [1.165, 1.54) is 19.3 Å². The van der Waals surface area contributed by atoms with Gasteiger partial charge in [-0.15, -0.1) is 12.4 Å². The lowest BCUT2D eigenvalue weighted by Crippen LogP contribution is -2.49. The molecule has 0 aromatic heterocycles. The van der Waals surface area contributed by atoms with Crippen molar-refractivity contribution in [3.63, 3.8) is 0 Å². The zero-order valence-electron chi connectivity index (χ0n) is 13.7. The Balaban J connectivity index is 0.00000192. The molecule has 5 heteroatoms. The molecule has 0 spiro atoms. The quantitative estimate of drug-likeness (QED) is 0.887. The maximum Gasteiger partial charge on any atom is 0.223 e. The Morgan fingerprint density at radius 2 is 1.83 bits per heavy atom. The van der Waals surface area contributed by atoms with Gasteiger partial charge < -0.3 is 15.8 Å². The van der Waals surface area contributed by atoms with E-state index < -0.39 is 0 Å². The van der Waals surface area contributed by atoms with Crippen molar-refractivity contribution in [2.24, 2.45) is 23.5 Å². The van der Waals surface area contributed by atoms with Crippen LogP contribution in [0.25, 0.3) is 0 Å². The van der Waals surface area contributed by atoms with Gasteiger partial charge in [0.05, 0.1) is 7.11 Å². The Labute approximate surface area is 144 Å². The van der Waals surface area contributed by atoms with Gasteiger partial charge in [0.15, 0.2) is 0 Å². The summed E-state index contributed by atoms with van der Waals surface area (Å²) >= 11 is 0. The highest BCUT2D eigenvalue weighted by Crippen LogP contribution is 2.41. The van der Waals surface area contributed by atoms with Crippen LogP contribution in [0.15, 0.2) is 24.3 Å². The average Bonchev–Trinajstić information content (AvgIpc) is 2.53. The highest BCUT2D eigenvalue weighted by atomic mass is 35.5. The Morgan fingerprint density at radius 3 is 2.39 bits per heavy atom. The van der Waals surface area contributed by atoms with Gasteiger partial charge in [0, 0.05) is 18.5 Å². The highest BCUT2D eigenvalue weighted by Gasteiger charge is 2.40. The van der Waals surface area contributed by atoms with Crippen LogP contribution >= 0.6 is 12.4 Å². The van der Waals surface area contributed by atoms with E-state index in [0.717, 1.165) is 24.2 Å². The number of ether oxygens (including phenoxy) is 1. The van der Waals surface area contributed by atoms with Gasteiger partial charge in [-0.05, 0) is 55.2 Å². The molecule has 128 valence electrons. The zero-order valence-corrected chi connectivity index (χ0v) is 14.5. The number of hydrogen-bond acceptors (Lipinski definition) is 3. The molecule has 2 unspecified atom stereocenters. The summed E-state index contributed by atoms with van der Waals surface area (Å²) in [5.41, 5.74) is 7.39. The van der Waals surface area contributed by atoms with Gasteiger partial charge in [-0.25, -0.2) is 0 Å². The van der Waals surface area contributed by atoms with E-state index in [4.69, 9.17) is 10.5 Å². The van der Waals surface area contributed by atoms with Gasteiger partial charge in [-0.3, -0.25) is 4.79 Å². The molecule has 1 aromatic rings. The van der Waals surface area contributed by atoms with Crippen LogP contribution in [-0.2, 0) is 11.3 Å². The molecule has 2 fully saturated rings.